The van der Waals surface area contributed by atoms with E-state index >= 15 is 0 Å². The maximum Gasteiger partial charge on any atom is 0.182 e. The molecule has 0 amide bonds. The summed E-state index contributed by atoms with van der Waals surface area (Å²) in [5.74, 6) is 0. The van der Waals surface area contributed by atoms with E-state index in [2.05, 4.69) is 207 Å². The first-order valence-electron chi connectivity index (χ1n) is 21.1. The van der Waals surface area contributed by atoms with Crippen LogP contribution in [0.5, 0.6) is 0 Å². The lowest BCUT2D eigenvalue weighted by Gasteiger charge is -2.45. The predicted octanol–water partition coefficient (Wildman–Crippen LogP) is 12.2. The number of nitrogens with zero attached hydrogens (tertiary/aromatic N) is 1. The van der Waals surface area contributed by atoms with Crippen molar-refractivity contribution in [3.8, 4) is 33.4 Å². The Morgan fingerprint density at radius 3 is 1.63 bits per heavy atom. The van der Waals surface area contributed by atoms with E-state index in [0.29, 0.717) is 0 Å². The van der Waals surface area contributed by atoms with Crippen LogP contribution in [0.1, 0.15) is 33.4 Å². The number of aryl methyl sites for hydroxylation is 2. The van der Waals surface area contributed by atoms with E-state index in [-0.39, 0.29) is 0 Å². The molecule has 0 saturated carbocycles. The molecule has 280 valence electrons. The van der Waals surface area contributed by atoms with E-state index in [1.54, 1.807) is 0 Å². The molecule has 3 heteroatoms. The summed E-state index contributed by atoms with van der Waals surface area (Å²) < 4.78 is 2.64. The molecular weight excluding hydrogens is 759 g/mol. The maximum atomic E-state index is 2.67. The number of para-hydroxylation sites is 1. The van der Waals surface area contributed by atoms with Gasteiger partial charge in [-0.1, -0.05) is 169 Å². The van der Waals surface area contributed by atoms with Crippen molar-refractivity contribution in [2.24, 2.45) is 0 Å². The fourth-order valence-electron chi connectivity index (χ4n) is 12.2. The van der Waals surface area contributed by atoms with Crippen LogP contribution in [0, 0.1) is 13.8 Å². The molecular formula is C57H37NSSi. The van der Waals surface area contributed by atoms with Crippen LogP contribution >= 0.6 is 11.3 Å². The molecule has 1 aliphatic carbocycles. The number of rotatable bonds is 1. The molecule has 0 N–H and O–H groups in total. The first-order valence-corrected chi connectivity index (χ1v) is 23.9. The zero-order valence-corrected chi connectivity index (χ0v) is 35.1. The molecule has 9 aromatic carbocycles. The normalized spacial score (nSPS) is 15.1. The summed E-state index contributed by atoms with van der Waals surface area (Å²) in [7, 11) is -2.68. The molecule has 4 heterocycles. The molecule has 10 aromatic rings. The maximum absolute atomic E-state index is 2.68. The van der Waals surface area contributed by atoms with Crippen LogP contribution in [0.25, 0.3) is 53.6 Å². The molecule has 14 rings (SSSR count). The standard InChI is InChI=1S/C57H37NSSi/c1-34-23-26-37-38-27-24-35(2)32-47(38)57(46(37)31-34)44-17-7-8-18-48(44)58(56-45(57)29-30-50-55(56)43-16-3-9-19-49(43)59-50)36-25-28-42-41-15-6-12-22-53(41)60(54(42)33-36)51-20-10-4-13-39(51)40-14-5-11-21-52(40)60/h3-33H,1-2H3. The van der Waals surface area contributed by atoms with Gasteiger partial charge < -0.3 is 4.90 Å². The van der Waals surface area contributed by atoms with Crippen molar-refractivity contribution in [3.63, 3.8) is 0 Å². The van der Waals surface area contributed by atoms with Gasteiger partial charge in [-0.3, -0.25) is 0 Å². The number of fused-ring (bicyclic) bond motifs is 23. The van der Waals surface area contributed by atoms with Gasteiger partial charge in [-0.25, -0.2) is 0 Å². The van der Waals surface area contributed by atoms with Gasteiger partial charge in [0, 0.05) is 25.9 Å². The lowest BCUT2D eigenvalue weighted by atomic mass is 9.64. The molecule has 3 aliphatic heterocycles. The van der Waals surface area contributed by atoms with Gasteiger partial charge in [0.1, 0.15) is 0 Å². The summed E-state index contributed by atoms with van der Waals surface area (Å²) in [6, 6.07) is 73.0. The summed E-state index contributed by atoms with van der Waals surface area (Å²) in [5, 5.41) is 8.66. The van der Waals surface area contributed by atoms with Crippen molar-refractivity contribution in [1.82, 2.24) is 0 Å². The van der Waals surface area contributed by atoms with E-state index in [1.165, 1.54) is 125 Å². The Morgan fingerprint density at radius 2 is 0.967 bits per heavy atom. The second kappa shape index (κ2) is 11.5. The molecule has 4 aliphatic rings. The highest BCUT2D eigenvalue weighted by molar-refractivity contribution is 7.26. The Kier molecular flexibility index (Phi) is 6.33. The molecule has 60 heavy (non-hydrogen) atoms. The highest BCUT2D eigenvalue weighted by Gasteiger charge is 2.55. The number of hydrogen-bond acceptors (Lipinski definition) is 2. The second-order valence-electron chi connectivity index (χ2n) is 17.3. The Morgan fingerprint density at radius 1 is 0.417 bits per heavy atom. The van der Waals surface area contributed by atoms with Gasteiger partial charge in [0.25, 0.3) is 0 Å². The van der Waals surface area contributed by atoms with Crippen molar-refractivity contribution in [2.75, 3.05) is 4.90 Å². The van der Waals surface area contributed by atoms with Crippen molar-refractivity contribution < 1.29 is 0 Å². The third-order valence-corrected chi connectivity index (χ3v) is 20.5. The van der Waals surface area contributed by atoms with Crippen molar-refractivity contribution in [3.05, 3.63) is 221 Å². The van der Waals surface area contributed by atoms with Crippen molar-refractivity contribution >= 4 is 77.4 Å². The zero-order valence-electron chi connectivity index (χ0n) is 33.3. The first kappa shape index (κ1) is 33.1. The fraction of sp³-hybridized carbons (Fsp3) is 0.0526. The van der Waals surface area contributed by atoms with E-state index in [1.807, 2.05) is 11.3 Å². The van der Waals surface area contributed by atoms with Crippen LogP contribution in [-0.4, -0.2) is 8.07 Å². The van der Waals surface area contributed by atoms with Gasteiger partial charge in [-0.2, -0.15) is 0 Å². The summed E-state index contributed by atoms with van der Waals surface area (Å²) in [6.45, 7) is 4.50. The van der Waals surface area contributed by atoms with E-state index < -0.39 is 13.5 Å². The minimum atomic E-state index is -2.68. The lowest BCUT2D eigenvalue weighted by Crippen LogP contribution is -2.70. The molecule has 2 spiro atoms. The molecule has 0 atom stereocenters. The molecule has 0 saturated heterocycles. The number of thiophene rings is 1. The van der Waals surface area contributed by atoms with Gasteiger partial charge in [0.15, 0.2) is 8.07 Å². The van der Waals surface area contributed by atoms with Gasteiger partial charge in [0.05, 0.1) is 16.8 Å². The molecule has 0 fully saturated rings. The molecule has 1 nitrogen and oxygen atoms in total. The zero-order chi connectivity index (χ0) is 39.5. The predicted molar refractivity (Wildman–Crippen MR) is 256 cm³/mol. The Hall–Kier alpha value is -6.78. The minimum Gasteiger partial charge on any atom is -0.309 e. The largest absolute Gasteiger partial charge is 0.309 e. The molecule has 0 radical (unpaired) electrons. The van der Waals surface area contributed by atoms with Crippen molar-refractivity contribution in [2.45, 2.75) is 19.3 Å². The van der Waals surface area contributed by atoms with Gasteiger partial charge >= 0.3 is 0 Å². The molecule has 1 aromatic heterocycles. The minimum absolute atomic E-state index is 0.505. The SMILES string of the molecule is Cc1ccc2c(c1)C1(c3cc(C)ccc3-2)c2ccccc2N(c2ccc3c(c2)[Si]2(c4ccccc4-c4ccccc42)c2ccccc2-3)c2c1ccc1sc3ccccc3c21. The van der Waals surface area contributed by atoms with Crippen LogP contribution in [0.4, 0.5) is 17.1 Å². The van der Waals surface area contributed by atoms with Crippen LogP contribution in [0.3, 0.4) is 0 Å². The lowest BCUT2D eigenvalue weighted by molar-refractivity contribution is 0.753. The van der Waals surface area contributed by atoms with Crippen molar-refractivity contribution in [1.29, 1.82) is 0 Å². The Labute approximate surface area is 354 Å². The highest BCUT2D eigenvalue weighted by atomic mass is 32.1. The van der Waals surface area contributed by atoms with Gasteiger partial charge in [-0.15, -0.1) is 11.3 Å². The highest BCUT2D eigenvalue weighted by Crippen LogP contribution is 2.65. The van der Waals surface area contributed by atoms with E-state index in [0.717, 1.165) is 0 Å². The second-order valence-corrected chi connectivity index (χ2v) is 22.0. The average Bonchev–Trinajstić information content (AvgIpc) is 3.99. The summed E-state index contributed by atoms with van der Waals surface area (Å²) >= 11 is 1.91. The summed E-state index contributed by atoms with van der Waals surface area (Å²) in [5.41, 5.74) is 19.5. The fourth-order valence-corrected chi connectivity index (χ4v) is 18.9. The smallest absolute Gasteiger partial charge is 0.182 e. The summed E-state index contributed by atoms with van der Waals surface area (Å²) in [6.07, 6.45) is 0. The third kappa shape index (κ3) is 3.81. The Balaban J connectivity index is 1.14. The summed E-state index contributed by atoms with van der Waals surface area (Å²) in [4.78, 5) is 2.67. The Bertz CT molecular complexity index is 3440. The number of hydrogen-bond donors (Lipinski definition) is 0. The topological polar surface area (TPSA) is 3.24 Å². The van der Waals surface area contributed by atoms with E-state index in [4.69, 9.17) is 0 Å². The van der Waals surface area contributed by atoms with Crippen LogP contribution < -0.4 is 25.6 Å². The van der Waals surface area contributed by atoms with Gasteiger partial charge in [-0.05, 0) is 121 Å². The third-order valence-electron chi connectivity index (χ3n) is 14.4. The average molecular weight is 796 g/mol. The van der Waals surface area contributed by atoms with Crippen LogP contribution in [0.2, 0.25) is 0 Å². The molecule has 0 unspecified atom stereocenters. The first-order chi connectivity index (χ1) is 29.6. The molecule has 0 bridgehead atoms. The monoisotopic (exact) mass is 795 g/mol. The van der Waals surface area contributed by atoms with E-state index in [9.17, 15) is 0 Å². The number of anilines is 3. The van der Waals surface area contributed by atoms with Crippen LogP contribution in [-0.2, 0) is 5.41 Å². The number of benzene rings is 9. The van der Waals surface area contributed by atoms with Crippen LogP contribution in [0.15, 0.2) is 188 Å². The quantitative estimate of drug-likeness (QED) is 0.150. The van der Waals surface area contributed by atoms with Gasteiger partial charge in [0.2, 0.25) is 0 Å².